The summed E-state index contributed by atoms with van der Waals surface area (Å²) in [6.07, 6.45) is 1.73. The second kappa shape index (κ2) is 8.27. The lowest BCUT2D eigenvalue weighted by atomic mass is 10.2. The summed E-state index contributed by atoms with van der Waals surface area (Å²) < 4.78 is 7.93. The second-order valence-corrected chi connectivity index (χ2v) is 8.61. The summed E-state index contributed by atoms with van der Waals surface area (Å²) in [6.45, 7) is 0. The van der Waals surface area contributed by atoms with Crippen LogP contribution < -0.4 is 0 Å². The Morgan fingerprint density at radius 1 is 0.929 bits per heavy atom. The smallest absolute Gasteiger partial charge is 0.134 e. The summed E-state index contributed by atoms with van der Waals surface area (Å²) in [5.74, 6) is 1.38. The Kier molecular flexibility index (Phi) is 5.58. The number of allylic oxidation sites excluding steroid dienone is 1. The topological polar surface area (TPSA) is 49.8 Å². The molecule has 0 aliphatic heterocycles. The van der Waals surface area contributed by atoms with E-state index in [9.17, 15) is 5.26 Å². The lowest BCUT2D eigenvalue weighted by Gasteiger charge is -1.97. The van der Waals surface area contributed by atoms with Gasteiger partial charge >= 0.3 is 0 Å². The van der Waals surface area contributed by atoms with Crippen LogP contribution in [0.25, 0.3) is 34.2 Å². The number of nitriles is 1. The molecule has 0 radical (unpaired) electrons. The number of nitrogens with zero attached hydrogens (tertiary/aromatic N) is 2. The van der Waals surface area contributed by atoms with Gasteiger partial charge in [-0.05, 0) is 36.4 Å². The Bertz CT molecular complexity index is 1180. The van der Waals surface area contributed by atoms with Crippen molar-refractivity contribution in [3.63, 3.8) is 0 Å². The highest BCUT2D eigenvalue weighted by Gasteiger charge is 2.11. The number of rotatable bonds is 4. The molecule has 2 aromatic heterocycles. The first kappa shape index (κ1) is 18.9. The second-order valence-electron chi connectivity index (χ2n) is 5.92. The van der Waals surface area contributed by atoms with Gasteiger partial charge in [-0.15, -0.1) is 11.3 Å². The highest BCUT2D eigenvalue weighted by Crippen LogP contribution is 2.30. The average Bonchev–Trinajstić information content (AvgIpc) is 3.37. The van der Waals surface area contributed by atoms with E-state index in [2.05, 4.69) is 42.9 Å². The minimum Gasteiger partial charge on any atom is -0.457 e. The minimum atomic E-state index is 0.477. The van der Waals surface area contributed by atoms with Crippen molar-refractivity contribution < 1.29 is 4.42 Å². The molecule has 2 heterocycles. The molecule has 4 rings (SSSR count). The number of thiazole rings is 1. The molecule has 2 aromatic carbocycles. The molecule has 0 amide bonds. The van der Waals surface area contributed by atoms with Gasteiger partial charge in [0.1, 0.15) is 22.6 Å². The standard InChI is InChI=1S/C22H12Br2N2OS/c23-17-5-1-14(2-6-17)20-13-28-22(26-20)16(12-25)11-19-9-10-21(27-19)15-3-7-18(24)8-4-15/h1-11,13H/b16-11+. The Morgan fingerprint density at radius 2 is 1.57 bits per heavy atom. The molecule has 28 heavy (non-hydrogen) atoms. The Hall–Kier alpha value is -2.46. The van der Waals surface area contributed by atoms with Crippen molar-refractivity contribution in [3.8, 4) is 28.7 Å². The first-order valence-electron chi connectivity index (χ1n) is 8.32. The van der Waals surface area contributed by atoms with Crippen molar-refractivity contribution >= 4 is 54.8 Å². The van der Waals surface area contributed by atoms with Gasteiger partial charge in [-0.2, -0.15) is 5.26 Å². The molecule has 0 spiro atoms. The highest BCUT2D eigenvalue weighted by atomic mass is 79.9. The van der Waals surface area contributed by atoms with Gasteiger partial charge in [0, 0.05) is 31.5 Å². The Morgan fingerprint density at radius 3 is 2.21 bits per heavy atom. The van der Waals surface area contributed by atoms with E-state index in [0.29, 0.717) is 16.3 Å². The van der Waals surface area contributed by atoms with E-state index in [4.69, 9.17) is 4.42 Å². The van der Waals surface area contributed by atoms with E-state index in [0.717, 1.165) is 31.5 Å². The van der Waals surface area contributed by atoms with Crippen molar-refractivity contribution in [2.24, 2.45) is 0 Å². The van der Waals surface area contributed by atoms with Crippen molar-refractivity contribution in [1.82, 2.24) is 4.98 Å². The van der Waals surface area contributed by atoms with Crippen LogP contribution in [0.2, 0.25) is 0 Å². The van der Waals surface area contributed by atoms with E-state index in [1.165, 1.54) is 11.3 Å². The van der Waals surface area contributed by atoms with Gasteiger partial charge in [0.2, 0.25) is 0 Å². The van der Waals surface area contributed by atoms with Crippen molar-refractivity contribution in [3.05, 3.63) is 85.8 Å². The lowest BCUT2D eigenvalue weighted by Crippen LogP contribution is -1.82. The van der Waals surface area contributed by atoms with Crippen molar-refractivity contribution in [2.45, 2.75) is 0 Å². The molecule has 0 unspecified atom stereocenters. The van der Waals surface area contributed by atoms with Crippen LogP contribution in [0.5, 0.6) is 0 Å². The van der Waals surface area contributed by atoms with Gasteiger partial charge in [-0.25, -0.2) is 4.98 Å². The largest absolute Gasteiger partial charge is 0.457 e. The molecule has 0 aliphatic carbocycles. The summed E-state index contributed by atoms with van der Waals surface area (Å²) in [7, 11) is 0. The highest BCUT2D eigenvalue weighted by molar-refractivity contribution is 9.10. The van der Waals surface area contributed by atoms with Crippen LogP contribution in [0.15, 0.2) is 79.4 Å². The zero-order valence-electron chi connectivity index (χ0n) is 14.4. The van der Waals surface area contributed by atoms with E-state index in [1.807, 2.05) is 66.0 Å². The molecule has 136 valence electrons. The Balaban J connectivity index is 1.61. The van der Waals surface area contributed by atoms with E-state index < -0.39 is 0 Å². The molecule has 0 atom stereocenters. The normalized spacial score (nSPS) is 11.4. The maximum Gasteiger partial charge on any atom is 0.134 e. The van der Waals surface area contributed by atoms with Gasteiger partial charge in [-0.1, -0.05) is 56.1 Å². The van der Waals surface area contributed by atoms with E-state index in [-0.39, 0.29) is 0 Å². The lowest BCUT2D eigenvalue weighted by molar-refractivity contribution is 0.572. The fourth-order valence-corrected chi connectivity index (χ4v) is 3.96. The number of hydrogen-bond donors (Lipinski definition) is 0. The molecular weight excluding hydrogens is 500 g/mol. The van der Waals surface area contributed by atoms with E-state index in [1.54, 1.807) is 6.08 Å². The molecule has 0 saturated heterocycles. The fourth-order valence-electron chi connectivity index (χ4n) is 2.63. The quantitative estimate of drug-likeness (QED) is 0.264. The molecule has 0 bridgehead atoms. The van der Waals surface area contributed by atoms with Crippen molar-refractivity contribution in [1.29, 1.82) is 5.26 Å². The van der Waals surface area contributed by atoms with Crippen LogP contribution in [-0.2, 0) is 0 Å². The third kappa shape index (κ3) is 4.17. The molecule has 0 N–H and O–H groups in total. The third-order valence-corrected chi connectivity index (χ3v) is 5.97. The minimum absolute atomic E-state index is 0.477. The number of hydrogen-bond acceptors (Lipinski definition) is 4. The number of furan rings is 1. The zero-order valence-corrected chi connectivity index (χ0v) is 18.4. The summed E-state index contributed by atoms with van der Waals surface area (Å²) in [5, 5.41) is 12.2. The number of aromatic nitrogens is 1. The maximum atomic E-state index is 9.61. The third-order valence-electron chi connectivity index (χ3n) is 4.04. The monoisotopic (exact) mass is 510 g/mol. The molecule has 6 heteroatoms. The van der Waals surface area contributed by atoms with Crippen LogP contribution in [-0.4, -0.2) is 4.98 Å². The number of halogens is 2. The molecule has 3 nitrogen and oxygen atoms in total. The zero-order chi connectivity index (χ0) is 19.5. The summed E-state index contributed by atoms with van der Waals surface area (Å²) in [6, 6.07) is 21.8. The summed E-state index contributed by atoms with van der Waals surface area (Å²) in [4.78, 5) is 4.62. The predicted molar refractivity (Wildman–Crippen MR) is 121 cm³/mol. The molecule has 0 saturated carbocycles. The molecular formula is C22H12Br2N2OS. The van der Waals surface area contributed by atoms with Crippen molar-refractivity contribution in [2.75, 3.05) is 0 Å². The average molecular weight is 512 g/mol. The van der Waals surface area contributed by atoms with Crippen LogP contribution in [0.1, 0.15) is 10.8 Å². The first-order valence-corrected chi connectivity index (χ1v) is 10.8. The van der Waals surface area contributed by atoms with Crippen LogP contribution in [0, 0.1) is 11.3 Å². The fraction of sp³-hybridized carbons (Fsp3) is 0. The van der Waals surface area contributed by atoms with Crippen LogP contribution >= 0.6 is 43.2 Å². The molecule has 0 fully saturated rings. The first-order chi connectivity index (χ1) is 13.6. The summed E-state index contributed by atoms with van der Waals surface area (Å²) >= 11 is 8.31. The summed E-state index contributed by atoms with van der Waals surface area (Å²) in [5.41, 5.74) is 3.32. The van der Waals surface area contributed by atoms with E-state index >= 15 is 0 Å². The molecule has 4 aromatic rings. The van der Waals surface area contributed by atoms with Gasteiger partial charge in [-0.3, -0.25) is 0 Å². The van der Waals surface area contributed by atoms with Gasteiger partial charge < -0.3 is 4.42 Å². The van der Waals surface area contributed by atoms with Gasteiger partial charge in [0.15, 0.2) is 0 Å². The van der Waals surface area contributed by atoms with Crippen LogP contribution in [0.4, 0.5) is 0 Å². The van der Waals surface area contributed by atoms with Crippen LogP contribution in [0.3, 0.4) is 0 Å². The predicted octanol–water partition coefficient (Wildman–Crippen LogP) is 7.66. The maximum absolute atomic E-state index is 9.61. The molecule has 0 aliphatic rings. The van der Waals surface area contributed by atoms with Gasteiger partial charge in [0.05, 0.1) is 11.3 Å². The SMILES string of the molecule is N#C/C(=C\c1ccc(-c2ccc(Br)cc2)o1)c1nc(-c2ccc(Br)cc2)cs1. The van der Waals surface area contributed by atoms with Gasteiger partial charge in [0.25, 0.3) is 0 Å². The number of benzene rings is 2. The Labute approximate surface area is 183 Å².